The zero-order valence-electron chi connectivity index (χ0n) is 16.6. The summed E-state index contributed by atoms with van der Waals surface area (Å²) in [5.74, 6) is 0.107. The number of carbonyl (C=O) groups is 1. The maximum Gasteiger partial charge on any atom is 0.234 e. The maximum atomic E-state index is 12.6. The van der Waals surface area contributed by atoms with Gasteiger partial charge in [0.2, 0.25) is 5.91 Å². The first kappa shape index (κ1) is 20.3. The van der Waals surface area contributed by atoms with E-state index in [1.165, 1.54) is 11.8 Å². The Morgan fingerprint density at radius 1 is 1.27 bits per heavy atom. The minimum absolute atomic E-state index is 0.121. The van der Waals surface area contributed by atoms with Crippen LogP contribution in [0.25, 0.3) is 16.7 Å². The van der Waals surface area contributed by atoms with Gasteiger partial charge in [-0.05, 0) is 54.8 Å². The topological polar surface area (TPSA) is 70.2 Å². The number of anilines is 1. The van der Waals surface area contributed by atoms with Gasteiger partial charge in [0.25, 0.3) is 0 Å². The second-order valence-electron chi connectivity index (χ2n) is 6.86. The number of nitrogens with one attached hydrogen (secondary N) is 1. The van der Waals surface area contributed by atoms with Gasteiger partial charge in [-0.3, -0.25) is 9.20 Å². The molecular formula is C23H19ClN4OS. The van der Waals surface area contributed by atoms with Crippen LogP contribution in [-0.4, -0.2) is 21.0 Å². The van der Waals surface area contributed by atoms with Gasteiger partial charge in [-0.15, -0.1) is 0 Å². The second-order valence-corrected chi connectivity index (χ2v) is 8.26. The molecule has 4 rings (SSSR count). The summed E-state index contributed by atoms with van der Waals surface area (Å²) in [7, 11) is 0. The fourth-order valence-corrected chi connectivity index (χ4v) is 4.93. The third-order valence-electron chi connectivity index (χ3n) is 4.99. The Labute approximate surface area is 183 Å². The van der Waals surface area contributed by atoms with Crippen molar-refractivity contribution in [2.75, 3.05) is 11.1 Å². The summed E-state index contributed by atoms with van der Waals surface area (Å²) in [6, 6.07) is 17.2. The number of fused-ring (bicyclic) bond motifs is 3. The van der Waals surface area contributed by atoms with Gasteiger partial charge in [-0.2, -0.15) is 5.26 Å². The zero-order chi connectivity index (χ0) is 21.3. The number of halogens is 1. The number of pyridine rings is 1. The average Bonchev–Trinajstić information content (AvgIpc) is 3.11. The third kappa shape index (κ3) is 3.62. The lowest BCUT2D eigenvalue weighted by Crippen LogP contribution is -2.15. The van der Waals surface area contributed by atoms with Gasteiger partial charge in [0.1, 0.15) is 6.07 Å². The second kappa shape index (κ2) is 8.39. The van der Waals surface area contributed by atoms with E-state index in [1.54, 1.807) is 24.3 Å². The van der Waals surface area contributed by atoms with Crippen LogP contribution in [0.1, 0.15) is 23.6 Å². The summed E-state index contributed by atoms with van der Waals surface area (Å²) >= 11 is 7.46. The van der Waals surface area contributed by atoms with Crippen molar-refractivity contribution in [1.29, 1.82) is 5.26 Å². The molecule has 0 aliphatic rings. The van der Waals surface area contributed by atoms with E-state index in [9.17, 15) is 10.1 Å². The van der Waals surface area contributed by atoms with E-state index in [1.807, 2.05) is 35.6 Å². The quantitative estimate of drug-likeness (QED) is 0.414. The summed E-state index contributed by atoms with van der Waals surface area (Å²) in [5.41, 5.74) is 5.60. The van der Waals surface area contributed by atoms with Gasteiger partial charge >= 0.3 is 0 Å². The fourth-order valence-electron chi connectivity index (χ4n) is 3.61. The van der Waals surface area contributed by atoms with Crippen LogP contribution in [0.3, 0.4) is 0 Å². The van der Waals surface area contributed by atoms with E-state index < -0.39 is 0 Å². The third-order valence-corrected chi connectivity index (χ3v) is 6.33. The van der Waals surface area contributed by atoms with Crippen LogP contribution in [0, 0.1) is 18.3 Å². The monoisotopic (exact) mass is 434 g/mol. The number of amides is 1. The number of nitriles is 1. The lowest BCUT2D eigenvalue weighted by Gasteiger charge is -2.16. The highest BCUT2D eigenvalue weighted by Gasteiger charge is 2.20. The van der Waals surface area contributed by atoms with Gasteiger partial charge in [0, 0.05) is 10.7 Å². The van der Waals surface area contributed by atoms with Gasteiger partial charge in [0.05, 0.1) is 27.4 Å². The van der Waals surface area contributed by atoms with Crippen molar-refractivity contribution >= 4 is 51.6 Å². The van der Waals surface area contributed by atoms with E-state index in [-0.39, 0.29) is 11.7 Å². The fraction of sp³-hybridized carbons (Fsp3) is 0.174. The minimum atomic E-state index is -0.121. The van der Waals surface area contributed by atoms with Gasteiger partial charge in [0.15, 0.2) is 5.65 Å². The van der Waals surface area contributed by atoms with Crippen molar-refractivity contribution < 1.29 is 4.79 Å². The molecule has 0 spiro atoms. The van der Waals surface area contributed by atoms with Crippen LogP contribution in [0.4, 0.5) is 5.69 Å². The molecule has 1 N–H and O–H groups in total. The molecule has 0 aliphatic heterocycles. The summed E-state index contributed by atoms with van der Waals surface area (Å²) < 4.78 is 2.01. The largest absolute Gasteiger partial charge is 0.325 e. The number of para-hydroxylation sites is 2. The number of nitrogens with zero attached hydrogens (tertiary/aromatic N) is 3. The Bertz CT molecular complexity index is 1320. The van der Waals surface area contributed by atoms with E-state index in [0.717, 1.165) is 33.6 Å². The first-order valence-electron chi connectivity index (χ1n) is 9.54. The Kier molecular flexibility index (Phi) is 5.67. The van der Waals surface area contributed by atoms with Crippen molar-refractivity contribution in [3.63, 3.8) is 0 Å². The lowest BCUT2D eigenvalue weighted by molar-refractivity contribution is -0.113. The Hall–Kier alpha value is -3.01. The summed E-state index contributed by atoms with van der Waals surface area (Å²) in [4.78, 5) is 17.3. The molecule has 0 bridgehead atoms. The molecule has 30 heavy (non-hydrogen) atoms. The molecular weight excluding hydrogens is 416 g/mol. The standard InChI is InChI=1S/C23H19ClN4OS/c1-3-17-14(2)18(12-25)22-27-19-9-4-5-10-20(19)28(22)23(17)30-13-21(29)26-16-8-6-7-15(24)11-16/h4-11H,3,13H2,1-2H3,(H,26,29). The highest BCUT2D eigenvalue weighted by Crippen LogP contribution is 2.33. The lowest BCUT2D eigenvalue weighted by atomic mass is 10.0. The Morgan fingerprint density at radius 3 is 2.80 bits per heavy atom. The Morgan fingerprint density at radius 2 is 2.07 bits per heavy atom. The SMILES string of the molecule is CCc1c(C)c(C#N)c2nc3ccccc3n2c1SCC(=O)Nc1cccc(Cl)c1. The number of rotatable bonds is 5. The van der Waals surface area contributed by atoms with Crippen molar-refractivity contribution in [2.24, 2.45) is 0 Å². The molecule has 0 atom stereocenters. The summed E-state index contributed by atoms with van der Waals surface area (Å²) in [6.45, 7) is 4.01. The molecule has 0 saturated carbocycles. The molecule has 4 aromatic rings. The number of carbonyl (C=O) groups excluding carboxylic acids is 1. The molecule has 0 saturated heterocycles. The van der Waals surface area contributed by atoms with Gasteiger partial charge in [-0.1, -0.05) is 48.5 Å². The van der Waals surface area contributed by atoms with E-state index in [0.29, 0.717) is 21.9 Å². The molecule has 150 valence electrons. The molecule has 2 aromatic carbocycles. The molecule has 0 radical (unpaired) electrons. The van der Waals surface area contributed by atoms with Crippen LogP contribution >= 0.6 is 23.4 Å². The van der Waals surface area contributed by atoms with Crippen molar-refractivity contribution in [3.8, 4) is 6.07 Å². The molecule has 7 heteroatoms. The molecule has 0 unspecified atom stereocenters. The summed E-state index contributed by atoms with van der Waals surface area (Å²) in [6.07, 6.45) is 0.751. The van der Waals surface area contributed by atoms with Crippen LogP contribution in [0.15, 0.2) is 53.6 Å². The first-order valence-corrected chi connectivity index (χ1v) is 10.9. The minimum Gasteiger partial charge on any atom is -0.325 e. The van der Waals surface area contributed by atoms with Crippen LogP contribution in [0.2, 0.25) is 5.02 Å². The smallest absolute Gasteiger partial charge is 0.234 e. The molecule has 0 aliphatic carbocycles. The maximum absolute atomic E-state index is 12.6. The molecule has 5 nitrogen and oxygen atoms in total. The van der Waals surface area contributed by atoms with Crippen LogP contribution in [-0.2, 0) is 11.2 Å². The van der Waals surface area contributed by atoms with Gasteiger partial charge in [-0.25, -0.2) is 4.98 Å². The molecule has 2 heterocycles. The number of thioether (sulfide) groups is 1. The molecule has 1 amide bonds. The predicted octanol–water partition coefficient (Wildman–Crippen LogP) is 5.61. The zero-order valence-corrected chi connectivity index (χ0v) is 18.1. The van der Waals surface area contributed by atoms with E-state index in [4.69, 9.17) is 16.6 Å². The molecule has 2 aromatic heterocycles. The number of benzene rings is 2. The summed E-state index contributed by atoms with van der Waals surface area (Å²) in [5, 5.41) is 14.2. The van der Waals surface area contributed by atoms with Crippen molar-refractivity contribution in [1.82, 2.24) is 9.38 Å². The highest BCUT2D eigenvalue weighted by molar-refractivity contribution is 8.00. The normalized spacial score (nSPS) is 11.0. The average molecular weight is 435 g/mol. The van der Waals surface area contributed by atoms with Crippen molar-refractivity contribution in [3.05, 3.63) is 70.2 Å². The number of hydrogen-bond acceptors (Lipinski definition) is 4. The van der Waals surface area contributed by atoms with E-state index in [2.05, 4.69) is 18.3 Å². The number of aromatic nitrogens is 2. The first-order chi connectivity index (χ1) is 14.5. The Balaban J connectivity index is 1.76. The van der Waals surface area contributed by atoms with Crippen LogP contribution in [0.5, 0.6) is 0 Å². The van der Waals surface area contributed by atoms with Crippen LogP contribution < -0.4 is 5.32 Å². The molecule has 0 fully saturated rings. The number of hydrogen-bond donors (Lipinski definition) is 1. The van der Waals surface area contributed by atoms with E-state index >= 15 is 0 Å². The van der Waals surface area contributed by atoms with Gasteiger partial charge < -0.3 is 5.32 Å². The van der Waals surface area contributed by atoms with Crippen molar-refractivity contribution in [2.45, 2.75) is 25.3 Å². The highest BCUT2D eigenvalue weighted by atomic mass is 35.5. The number of imidazole rings is 1. The predicted molar refractivity (Wildman–Crippen MR) is 122 cm³/mol.